The summed E-state index contributed by atoms with van der Waals surface area (Å²) in [5.41, 5.74) is 0.888. The molecule has 1 radical (unpaired) electrons. The van der Waals surface area contributed by atoms with Crippen molar-refractivity contribution in [2.75, 3.05) is 0 Å². The van der Waals surface area contributed by atoms with Crippen LogP contribution in [-0.2, 0) is 16.0 Å². The van der Waals surface area contributed by atoms with Crippen molar-refractivity contribution in [3.63, 3.8) is 0 Å². The first-order valence-electron chi connectivity index (χ1n) is 4.63. The van der Waals surface area contributed by atoms with Crippen LogP contribution in [0.1, 0.15) is 12.5 Å². The van der Waals surface area contributed by atoms with E-state index < -0.39 is 12.0 Å². The molecule has 0 aliphatic heterocycles. The number of rotatable bonds is 4. The summed E-state index contributed by atoms with van der Waals surface area (Å²) in [7, 11) is 0. The van der Waals surface area contributed by atoms with E-state index in [1.54, 1.807) is 0 Å². The minimum absolute atomic E-state index is 0. The van der Waals surface area contributed by atoms with E-state index in [9.17, 15) is 9.59 Å². The van der Waals surface area contributed by atoms with Crippen LogP contribution in [-0.4, -0.2) is 52.6 Å². The number of carboxylic acid groups (broad SMARTS) is 1. The molecule has 1 aromatic rings. The molecule has 0 aliphatic carbocycles. The molecule has 0 spiro atoms. The molecule has 16 heavy (non-hydrogen) atoms. The van der Waals surface area contributed by atoms with Crippen molar-refractivity contribution in [2.45, 2.75) is 19.4 Å². The van der Waals surface area contributed by atoms with Crippen molar-refractivity contribution in [3.8, 4) is 0 Å². The minimum Gasteiger partial charge on any atom is -0.480 e. The molecule has 1 amide bonds. The molecule has 0 heterocycles. The van der Waals surface area contributed by atoms with Crippen molar-refractivity contribution in [2.24, 2.45) is 0 Å². The van der Waals surface area contributed by atoms with Gasteiger partial charge in [0.05, 0.1) is 0 Å². The fourth-order valence-corrected chi connectivity index (χ4v) is 1.30. The maximum Gasteiger partial charge on any atom is 0.326 e. The molecule has 1 atom stereocenters. The Morgan fingerprint density at radius 3 is 2.31 bits per heavy atom. The number of carbonyl (C=O) groups excluding carboxylic acids is 1. The summed E-state index contributed by atoms with van der Waals surface area (Å²) >= 11 is 0. The van der Waals surface area contributed by atoms with Crippen LogP contribution < -0.4 is 5.32 Å². The van der Waals surface area contributed by atoms with Gasteiger partial charge in [-0.25, -0.2) is 4.79 Å². The van der Waals surface area contributed by atoms with Crippen LogP contribution in [0.5, 0.6) is 0 Å². The molecule has 0 aliphatic rings. The van der Waals surface area contributed by atoms with Crippen molar-refractivity contribution in [1.29, 1.82) is 0 Å². The number of hydrogen-bond donors (Lipinski definition) is 2. The molecule has 81 valence electrons. The molecule has 0 aromatic heterocycles. The van der Waals surface area contributed by atoms with Crippen molar-refractivity contribution in [1.82, 2.24) is 5.32 Å². The largest absolute Gasteiger partial charge is 0.480 e. The van der Waals surface area contributed by atoms with Crippen LogP contribution in [0.3, 0.4) is 0 Å². The van der Waals surface area contributed by atoms with Crippen molar-refractivity contribution < 1.29 is 14.7 Å². The van der Waals surface area contributed by atoms with Crippen LogP contribution in [0.25, 0.3) is 0 Å². The molecule has 4 nitrogen and oxygen atoms in total. The molecule has 1 aromatic carbocycles. The average Bonchev–Trinajstić information content (AvgIpc) is 2.17. The van der Waals surface area contributed by atoms with Gasteiger partial charge in [0, 0.05) is 42.9 Å². The van der Waals surface area contributed by atoms with Gasteiger partial charge in [0.2, 0.25) is 5.91 Å². The Balaban J connectivity index is 0.00000225. The van der Waals surface area contributed by atoms with Gasteiger partial charge in [-0.1, -0.05) is 30.3 Å². The Hall–Kier alpha value is -0.840. The first-order chi connectivity index (χ1) is 7.09. The van der Waals surface area contributed by atoms with Crippen molar-refractivity contribution in [3.05, 3.63) is 35.9 Å². The van der Waals surface area contributed by atoms with Gasteiger partial charge >= 0.3 is 5.97 Å². The third-order valence-corrected chi connectivity index (χ3v) is 1.96. The van der Waals surface area contributed by atoms with E-state index in [1.165, 1.54) is 6.92 Å². The Morgan fingerprint density at radius 2 is 1.88 bits per heavy atom. The zero-order valence-electron chi connectivity index (χ0n) is 9.43. The van der Waals surface area contributed by atoms with Crippen molar-refractivity contribution >= 4 is 41.4 Å². The van der Waals surface area contributed by atoms with Gasteiger partial charge in [-0.3, -0.25) is 4.79 Å². The molecule has 0 bridgehead atoms. The van der Waals surface area contributed by atoms with Crippen LogP contribution in [0, 0.1) is 0 Å². The van der Waals surface area contributed by atoms with E-state index in [0.717, 1.165) is 5.56 Å². The van der Waals surface area contributed by atoms with Crippen LogP contribution in [0.4, 0.5) is 0 Å². The third-order valence-electron chi connectivity index (χ3n) is 1.96. The summed E-state index contributed by atoms with van der Waals surface area (Å²) in [5.74, 6) is -1.35. The van der Waals surface area contributed by atoms with Gasteiger partial charge in [-0.15, -0.1) is 0 Å². The first kappa shape index (κ1) is 15.2. The predicted molar refractivity (Wildman–Crippen MR) is 61.1 cm³/mol. The topological polar surface area (TPSA) is 66.4 Å². The zero-order chi connectivity index (χ0) is 11.3. The van der Waals surface area contributed by atoms with Gasteiger partial charge < -0.3 is 10.4 Å². The summed E-state index contributed by atoms with van der Waals surface area (Å²) in [6.07, 6.45) is 0.301. The molecule has 2 N–H and O–H groups in total. The Labute approximate surface area is 116 Å². The number of benzene rings is 1. The SMILES string of the molecule is CC(=O)NC(Cc1ccccc1)C(=O)O.[Na]. The molecule has 1 unspecified atom stereocenters. The molecule has 1 rings (SSSR count). The maximum atomic E-state index is 10.8. The summed E-state index contributed by atoms with van der Waals surface area (Å²) in [5, 5.41) is 11.3. The molecule has 0 saturated heterocycles. The van der Waals surface area contributed by atoms with E-state index in [-0.39, 0.29) is 35.5 Å². The van der Waals surface area contributed by atoms with Gasteiger partial charge in [0.1, 0.15) is 6.04 Å². The number of carbonyl (C=O) groups is 2. The number of nitrogens with one attached hydrogen (secondary N) is 1. The summed E-state index contributed by atoms with van der Waals surface area (Å²) in [4.78, 5) is 21.6. The van der Waals surface area contributed by atoms with Crippen LogP contribution in [0.2, 0.25) is 0 Å². The van der Waals surface area contributed by atoms with E-state index in [0.29, 0.717) is 6.42 Å². The summed E-state index contributed by atoms with van der Waals surface area (Å²) < 4.78 is 0. The number of aliphatic carboxylic acids is 1. The second-order valence-electron chi connectivity index (χ2n) is 3.28. The first-order valence-corrected chi connectivity index (χ1v) is 4.63. The second-order valence-corrected chi connectivity index (χ2v) is 3.28. The smallest absolute Gasteiger partial charge is 0.326 e. The molecular formula is C11H13NNaO3. The van der Waals surface area contributed by atoms with E-state index in [4.69, 9.17) is 5.11 Å². The number of hydrogen-bond acceptors (Lipinski definition) is 2. The van der Waals surface area contributed by atoms with E-state index in [2.05, 4.69) is 5.32 Å². The predicted octanol–water partition coefficient (Wildman–Crippen LogP) is 0.438. The molecular weight excluding hydrogens is 217 g/mol. The number of amides is 1. The average molecular weight is 230 g/mol. The second kappa shape index (κ2) is 7.44. The fraction of sp³-hybridized carbons (Fsp3) is 0.273. The van der Waals surface area contributed by atoms with E-state index in [1.807, 2.05) is 30.3 Å². The Bertz CT molecular complexity index is 354. The minimum atomic E-state index is -1.02. The third kappa shape index (κ3) is 5.30. The maximum absolute atomic E-state index is 10.8. The van der Waals surface area contributed by atoms with Gasteiger partial charge in [-0.2, -0.15) is 0 Å². The standard InChI is InChI=1S/C11H13NO3.Na/c1-8(13)12-10(11(14)15)7-9-5-3-2-4-6-9;/h2-6,10H,7H2,1H3,(H,12,13)(H,14,15);. The van der Waals surface area contributed by atoms with Gasteiger partial charge in [0.15, 0.2) is 0 Å². The normalized spacial score (nSPS) is 11.1. The summed E-state index contributed by atoms with van der Waals surface area (Å²) in [6.45, 7) is 1.31. The monoisotopic (exact) mass is 230 g/mol. The van der Waals surface area contributed by atoms with Crippen LogP contribution in [0.15, 0.2) is 30.3 Å². The molecule has 0 saturated carbocycles. The quantitative estimate of drug-likeness (QED) is 0.737. The van der Waals surface area contributed by atoms with E-state index >= 15 is 0 Å². The van der Waals surface area contributed by atoms with Crippen LogP contribution >= 0.6 is 0 Å². The molecule has 5 heteroatoms. The molecule has 0 fully saturated rings. The fourth-order valence-electron chi connectivity index (χ4n) is 1.30. The number of carboxylic acids is 1. The Morgan fingerprint density at radius 1 is 1.31 bits per heavy atom. The van der Waals surface area contributed by atoms with Gasteiger partial charge in [-0.05, 0) is 5.56 Å². The zero-order valence-corrected chi connectivity index (χ0v) is 11.4. The Kier molecular flexibility index (Phi) is 7.05. The van der Waals surface area contributed by atoms with Gasteiger partial charge in [0.25, 0.3) is 0 Å². The summed E-state index contributed by atoms with van der Waals surface area (Å²) in [6, 6.07) is 8.34.